The zero-order valence-electron chi connectivity index (χ0n) is 11.8. The molecule has 0 aromatic carbocycles. The lowest BCUT2D eigenvalue weighted by Crippen LogP contribution is -2.57. The van der Waals surface area contributed by atoms with E-state index in [2.05, 4.69) is 30.7 Å². The van der Waals surface area contributed by atoms with Crippen LogP contribution in [0.1, 0.15) is 39.5 Å². The molecule has 1 saturated heterocycles. The van der Waals surface area contributed by atoms with Crippen molar-refractivity contribution >= 4 is 0 Å². The van der Waals surface area contributed by atoms with Gasteiger partial charge in [-0.2, -0.15) is 0 Å². The van der Waals surface area contributed by atoms with Crippen molar-refractivity contribution in [1.82, 2.24) is 9.80 Å². The van der Waals surface area contributed by atoms with Gasteiger partial charge in [0.05, 0.1) is 0 Å². The summed E-state index contributed by atoms with van der Waals surface area (Å²) in [5, 5.41) is 0. The smallest absolute Gasteiger partial charge is 0.0195 e. The average Bonchev–Trinajstić information content (AvgIpc) is 2.75. The zero-order chi connectivity index (χ0) is 12.5. The Morgan fingerprint density at radius 1 is 1.12 bits per heavy atom. The molecule has 0 bridgehead atoms. The molecule has 2 aliphatic rings. The highest BCUT2D eigenvalue weighted by Crippen LogP contribution is 2.38. The first-order valence-corrected chi connectivity index (χ1v) is 7.21. The van der Waals surface area contributed by atoms with Crippen molar-refractivity contribution in [2.45, 2.75) is 51.6 Å². The molecule has 100 valence electrons. The Morgan fingerprint density at radius 3 is 2.12 bits per heavy atom. The van der Waals surface area contributed by atoms with Crippen LogP contribution in [0.25, 0.3) is 0 Å². The zero-order valence-corrected chi connectivity index (χ0v) is 11.8. The van der Waals surface area contributed by atoms with Gasteiger partial charge in [-0.25, -0.2) is 0 Å². The van der Waals surface area contributed by atoms with Gasteiger partial charge >= 0.3 is 0 Å². The van der Waals surface area contributed by atoms with Crippen LogP contribution in [0.15, 0.2) is 0 Å². The van der Waals surface area contributed by atoms with Gasteiger partial charge in [0.25, 0.3) is 0 Å². The Hall–Kier alpha value is -0.120. The largest absolute Gasteiger partial charge is 0.330 e. The van der Waals surface area contributed by atoms with Gasteiger partial charge in [-0.3, -0.25) is 9.80 Å². The monoisotopic (exact) mass is 239 g/mol. The number of rotatable bonds is 3. The van der Waals surface area contributed by atoms with Crippen molar-refractivity contribution < 1.29 is 0 Å². The van der Waals surface area contributed by atoms with Crippen LogP contribution in [0.5, 0.6) is 0 Å². The predicted octanol–water partition coefficient (Wildman–Crippen LogP) is 1.53. The molecule has 3 heteroatoms. The normalized spacial score (nSPS) is 35.3. The Kier molecular flexibility index (Phi) is 4.11. The number of nitrogens with zero attached hydrogens (tertiary/aromatic N) is 2. The second-order valence-electron chi connectivity index (χ2n) is 6.47. The van der Waals surface area contributed by atoms with E-state index in [9.17, 15) is 0 Å². The molecule has 2 unspecified atom stereocenters. The van der Waals surface area contributed by atoms with E-state index < -0.39 is 0 Å². The molecule has 1 aliphatic heterocycles. The Morgan fingerprint density at radius 2 is 1.65 bits per heavy atom. The minimum absolute atomic E-state index is 0.440. The van der Waals surface area contributed by atoms with Crippen molar-refractivity contribution in [2.75, 3.05) is 33.2 Å². The predicted molar refractivity (Wildman–Crippen MR) is 73.1 cm³/mol. The lowest BCUT2D eigenvalue weighted by Gasteiger charge is -2.45. The summed E-state index contributed by atoms with van der Waals surface area (Å²) in [6.45, 7) is 9.21. The van der Waals surface area contributed by atoms with Crippen molar-refractivity contribution in [1.29, 1.82) is 0 Å². The molecule has 1 heterocycles. The van der Waals surface area contributed by atoms with E-state index >= 15 is 0 Å². The van der Waals surface area contributed by atoms with Gasteiger partial charge in [0.2, 0.25) is 0 Å². The summed E-state index contributed by atoms with van der Waals surface area (Å²) in [6, 6.07) is 1.35. The van der Waals surface area contributed by atoms with E-state index in [0.29, 0.717) is 17.5 Å². The first-order chi connectivity index (χ1) is 8.06. The lowest BCUT2D eigenvalue weighted by atomic mass is 9.85. The molecule has 0 radical (unpaired) electrons. The van der Waals surface area contributed by atoms with Gasteiger partial charge in [-0.15, -0.1) is 0 Å². The molecule has 0 amide bonds. The van der Waals surface area contributed by atoms with E-state index in [1.165, 1.54) is 45.3 Å². The van der Waals surface area contributed by atoms with Crippen LogP contribution in [0, 0.1) is 5.41 Å². The molecule has 0 aromatic heterocycles. The number of hydrogen-bond donors (Lipinski definition) is 1. The highest BCUT2D eigenvalue weighted by molar-refractivity contribution is 4.91. The summed E-state index contributed by atoms with van der Waals surface area (Å²) in [5.74, 6) is 0. The fourth-order valence-electron chi connectivity index (χ4n) is 3.67. The average molecular weight is 239 g/mol. The molecule has 0 aromatic rings. The summed E-state index contributed by atoms with van der Waals surface area (Å²) < 4.78 is 0. The van der Waals surface area contributed by atoms with E-state index in [-0.39, 0.29) is 0 Å². The maximum absolute atomic E-state index is 6.05. The standard InChI is InChI=1S/C14H29N3/c1-12-8-17(9-13(2)16(12)3)11-14(10-15)6-4-5-7-14/h12-13H,4-11,15H2,1-3H3. The van der Waals surface area contributed by atoms with Gasteiger partial charge < -0.3 is 5.73 Å². The molecule has 3 nitrogen and oxygen atoms in total. The molecular formula is C14H29N3. The van der Waals surface area contributed by atoms with Crippen molar-refractivity contribution in [2.24, 2.45) is 11.1 Å². The highest BCUT2D eigenvalue weighted by Gasteiger charge is 2.36. The summed E-state index contributed by atoms with van der Waals surface area (Å²) in [4.78, 5) is 5.16. The van der Waals surface area contributed by atoms with Gasteiger partial charge in [0.1, 0.15) is 0 Å². The summed E-state index contributed by atoms with van der Waals surface area (Å²) in [5.41, 5.74) is 6.49. The summed E-state index contributed by atoms with van der Waals surface area (Å²) in [6.07, 6.45) is 5.46. The van der Waals surface area contributed by atoms with Gasteiger partial charge in [-0.05, 0) is 45.7 Å². The van der Waals surface area contributed by atoms with E-state index in [1.54, 1.807) is 0 Å². The third-order valence-corrected chi connectivity index (χ3v) is 5.09. The lowest BCUT2D eigenvalue weighted by molar-refractivity contribution is 0.0339. The quantitative estimate of drug-likeness (QED) is 0.811. The Balaban J connectivity index is 1.94. The molecule has 2 atom stereocenters. The van der Waals surface area contributed by atoms with Crippen molar-refractivity contribution in [3.05, 3.63) is 0 Å². The number of nitrogens with two attached hydrogens (primary N) is 1. The van der Waals surface area contributed by atoms with E-state index in [1.807, 2.05) is 0 Å². The first-order valence-electron chi connectivity index (χ1n) is 7.21. The second-order valence-corrected chi connectivity index (χ2v) is 6.47. The van der Waals surface area contributed by atoms with Crippen LogP contribution in [0.2, 0.25) is 0 Å². The van der Waals surface area contributed by atoms with Crippen LogP contribution in [-0.4, -0.2) is 55.1 Å². The summed E-state index contributed by atoms with van der Waals surface area (Å²) in [7, 11) is 2.25. The fourth-order valence-corrected chi connectivity index (χ4v) is 3.67. The molecule has 2 N–H and O–H groups in total. The fraction of sp³-hybridized carbons (Fsp3) is 1.00. The maximum Gasteiger partial charge on any atom is 0.0195 e. The third-order valence-electron chi connectivity index (χ3n) is 5.09. The van der Waals surface area contributed by atoms with E-state index in [4.69, 9.17) is 5.73 Å². The molecule has 1 saturated carbocycles. The van der Waals surface area contributed by atoms with Crippen LogP contribution < -0.4 is 5.73 Å². The van der Waals surface area contributed by atoms with Gasteiger partial charge in [-0.1, -0.05) is 12.8 Å². The topological polar surface area (TPSA) is 32.5 Å². The first kappa shape index (κ1) is 13.3. The maximum atomic E-state index is 6.05. The SMILES string of the molecule is CC1CN(CC2(CN)CCCC2)CC(C)N1C. The third kappa shape index (κ3) is 2.83. The van der Waals surface area contributed by atoms with E-state index in [0.717, 1.165) is 6.54 Å². The van der Waals surface area contributed by atoms with Crippen molar-refractivity contribution in [3.8, 4) is 0 Å². The molecular weight excluding hydrogens is 210 g/mol. The Labute approximate surface area is 106 Å². The molecule has 2 rings (SSSR count). The van der Waals surface area contributed by atoms with Crippen LogP contribution >= 0.6 is 0 Å². The summed E-state index contributed by atoms with van der Waals surface area (Å²) >= 11 is 0. The van der Waals surface area contributed by atoms with Crippen LogP contribution in [0.4, 0.5) is 0 Å². The minimum Gasteiger partial charge on any atom is -0.330 e. The number of likely N-dealkylation sites (N-methyl/N-ethyl adjacent to an activating group) is 1. The highest BCUT2D eigenvalue weighted by atomic mass is 15.3. The molecule has 17 heavy (non-hydrogen) atoms. The Bertz CT molecular complexity index is 236. The number of piperazine rings is 1. The number of hydrogen-bond acceptors (Lipinski definition) is 3. The van der Waals surface area contributed by atoms with Crippen LogP contribution in [0.3, 0.4) is 0 Å². The second kappa shape index (κ2) is 5.25. The van der Waals surface area contributed by atoms with Crippen molar-refractivity contribution in [3.63, 3.8) is 0 Å². The molecule has 2 fully saturated rings. The molecule has 0 spiro atoms. The molecule has 1 aliphatic carbocycles. The van der Waals surface area contributed by atoms with Gasteiger partial charge in [0, 0.05) is 31.7 Å². The van der Waals surface area contributed by atoms with Crippen LogP contribution in [-0.2, 0) is 0 Å². The van der Waals surface area contributed by atoms with Gasteiger partial charge in [0.15, 0.2) is 0 Å². The minimum atomic E-state index is 0.440.